The van der Waals surface area contributed by atoms with Crippen molar-refractivity contribution in [3.63, 3.8) is 0 Å². The SMILES string of the molecule is COC(=O)C=C(C)C1CCC(C)=CC1C(=O)OC. The minimum Gasteiger partial charge on any atom is -0.469 e. The van der Waals surface area contributed by atoms with Gasteiger partial charge in [-0.3, -0.25) is 4.79 Å². The van der Waals surface area contributed by atoms with Crippen molar-refractivity contribution in [2.45, 2.75) is 26.7 Å². The van der Waals surface area contributed by atoms with Crippen molar-refractivity contribution in [3.8, 4) is 0 Å². The molecule has 0 aromatic rings. The molecule has 1 aliphatic rings. The van der Waals surface area contributed by atoms with Crippen LogP contribution < -0.4 is 0 Å². The van der Waals surface area contributed by atoms with Crippen LogP contribution >= 0.6 is 0 Å². The first-order valence-corrected chi connectivity index (χ1v) is 6.00. The molecule has 0 fully saturated rings. The van der Waals surface area contributed by atoms with Gasteiger partial charge in [0.2, 0.25) is 0 Å². The van der Waals surface area contributed by atoms with Gasteiger partial charge in [0.1, 0.15) is 0 Å². The van der Waals surface area contributed by atoms with Crippen LogP contribution in [0.2, 0.25) is 0 Å². The molecule has 2 atom stereocenters. The molecule has 1 aliphatic carbocycles. The van der Waals surface area contributed by atoms with Crippen LogP contribution in [0.25, 0.3) is 0 Å². The summed E-state index contributed by atoms with van der Waals surface area (Å²) >= 11 is 0. The molecule has 0 bridgehead atoms. The molecule has 0 spiro atoms. The van der Waals surface area contributed by atoms with Crippen molar-refractivity contribution in [2.75, 3.05) is 14.2 Å². The van der Waals surface area contributed by atoms with Gasteiger partial charge in [-0.05, 0) is 32.6 Å². The van der Waals surface area contributed by atoms with E-state index in [1.807, 2.05) is 19.9 Å². The van der Waals surface area contributed by atoms with Gasteiger partial charge in [0.15, 0.2) is 0 Å². The summed E-state index contributed by atoms with van der Waals surface area (Å²) in [7, 11) is 2.73. The fraction of sp³-hybridized carbons (Fsp3) is 0.571. The first-order chi connectivity index (χ1) is 8.49. The largest absolute Gasteiger partial charge is 0.469 e. The summed E-state index contributed by atoms with van der Waals surface area (Å²) in [5, 5.41) is 0. The van der Waals surface area contributed by atoms with Crippen LogP contribution in [0.3, 0.4) is 0 Å². The molecule has 100 valence electrons. The van der Waals surface area contributed by atoms with Crippen LogP contribution in [0.15, 0.2) is 23.3 Å². The minimum absolute atomic E-state index is 0.0141. The van der Waals surface area contributed by atoms with E-state index in [-0.39, 0.29) is 23.8 Å². The normalized spacial score (nSPS) is 24.2. The molecule has 0 aromatic heterocycles. The van der Waals surface area contributed by atoms with E-state index in [0.29, 0.717) is 0 Å². The van der Waals surface area contributed by atoms with E-state index in [1.165, 1.54) is 25.9 Å². The van der Waals surface area contributed by atoms with E-state index in [9.17, 15) is 9.59 Å². The summed E-state index contributed by atoms with van der Waals surface area (Å²) in [6.45, 7) is 3.86. The Morgan fingerprint density at radius 1 is 1.33 bits per heavy atom. The van der Waals surface area contributed by atoms with Crippen molar-refractivity contribution in [3.05, 3.63) is 23.3 Å². The quantitative estimate of drug-likeness (QED) is 0.439. The molecule has 0 amide bonds. The zero-order valence-electron chi connectivity index (χ0n) is 11.4. The highest BCUT2D eigenvalue weighted by atomic mass is 16.5. The van der Waals surface area contributed by atoms with Crippen LogP contribution in [0.1, 0.15) is 26.7 Å². The van der Waals surface area contributed by atoms with Gasteiger partial charge in [-0.2, -0.15) is 0 Å². The van der Waals surface area contributed by atoms with Gasteiger partial charge in [0, 0.05) is 6.08 Å². The third kappa shape index (κ3) is 3.45. The summed E-state index contributed by atoms with van der Waals surface area (Å²) < 4.78 is 9.43. The number of esters is 2. The van der Waals surface area contributed by atoms with Gasteiger partial charge in [-0.25, -0.2) is 4.79 Å². The van der Waals surface area contributed by atoms with Crippen molar-refractivity contribution >= 4 is 11.9 Å². The highest BCUT2D eigenvalue weighted by Gasteiger charge is 2.31. The van der Waals surface area contributed by atoms with Crippen molar-refractivity contribution in [1.82, 2.24) is 0 Å². The molecule has 0 aliphatic heterocycles. The van der Waals surface area contributed by atoms with Crippen LogP contribution in [-0.4, -0.2) is 26.2 Å². The fourth-order valence-electron chi connectivity index (χ4n) is 2.30. The van der Waals surface area contributed by atoms with Gasteiger partial charge in [-0.1, -0.05) is 17.2 Å². The summed E-state index contributed by atoms with van der Waals surface area (Å²) in [5.41, 5.74) is 2.05. The second-order valence-electron chi connectivity index (χ2n) is 4.62. The van der Waals surface area contributed by atoms with Crippen molar-refractivity contribution in [2.24, 2.45) is 11.8 Å². The van der Waals surface area contributed by atoms with Crippen molar-refractivity contribution < 1.29 is 19.1 Å². The van der Waals surface area contributed by atoms with Gasteiger partial charge >= 0.3 is 11.9 Å². The maximum absolute atomic E-state index is 11.8. The summed E-state index contributed by atoms with van der Waals surface area (Å²) in [5.74, 6) is -0.927. The molecule has 0 aromatic carbocycles. The van der Waals surface area contributed by atoms with Crippen molar-refractivity contribution in [1.29, 1.82) is 0 Å². The standard InChI is InChI=1S/C14H20O4/c1-9-5-6-11(10(2)8-13(15)17-3)12(7-9)14(16)18-4/h7-8,11-12H,5-6H2,1-4H3. The highest BCUT2D eigenvalue weighted by Crippen LogP contribution is 2.34. The number of methoxy groups -OCH3 is 2. The predicted molar refractivity (Wildman–Crippen MR) is 67.8 cm³/mol. The molecule has 0 heterocycles. The third-order valence-electron chi connectivity index (χ3n) is 3.35. The van der Waals surface area contributed by atoms with E-state index in [4.69, 9.17) is 4.74 Å². The maximum Gasteiger partial charge on any atom is 0.330 e. The van der Waals surface area contributed by atoms with Crippen LogP contribution in [0.5, 0.6) is 0 Å². The lowest BCUT2D eigenvalue weighted by molar-refractivity contribution is -0.145. The second kappa shape index (κ2) is 6.38. The Labute approximate surface area is 108 Å². The van der Waals surface area contributed by atoms with E-state index in [2.05, 4.69) is 4.74 Å². The van der Waals surface area contributed by atoms with E-state index in [0.717, 1.165) is 18.4 Å². The van der Waals surface area contributed by atoms with Gasteiger partial charge < -0.3 is 9.47 Å². The maximum atomic E-state index is 11.8. The van der Waals surface area contributed by atoms with Crippen LogP contribution in [0.4, 0.5) is 0 Å². The molecule has 0 saturated carbocycles. The predicted octanol–water partition coefficient (Wildman–Crippen LogP) is 2.25. The third-order valence-corrected chi connectivity index (χ3v) is 3.35. The Bertz CT molecular complexity index is 393. The number of carbonyl (C=O) groups is 2. The molecule has 4 nitrogen and oxygen atoms in total. The number of allylic oxidation sites excluding steroid dienone is 2. The highest BCUT2D eigenvalue weighted by molar-refractivity contribution is 5.83. The van der Waals surface area contributed by atoms with E-state index in [1.54, 1.807) is 0 Å². The summed E-state index contributed by atoms with van der Waals surface area (Å²) in [6.07, 6.45) is 5.18. The lowest BCUT2D eigenvalue weighted by atomic mass is 9.77. The molecule has 4 heteroatoms. The molecule has 0 N–H and O–H groups in total. The second-order valence-corrected chi connectivity index (χ2v) is 4.62. The summed E-state index contributed by atoms with van der Waals surface area (Å²) in [6, 6.07) is 0. The summed E-state index contributed by atoms with van der Waals surface area (Å²) in [4.78, 5) is 23.0. The topological polar surface area (TPSA) is 52.6 Å². The Hall–Kier alpha value is -1.58. The minimum atomic E-state index is -0.387. The first kappa shape index (κ1) is 14.5. The molecule has 0 radical (unpaired) electrons. The average molecular weight is 252 g/mol. The number of hydrogen-bond acceptors (Lipinski definition) is 4. The molecule has 18 heavy (non-hydrogen) atoms. The van der Waals surface area contributed by atoms with Gasteiger partial charge in [0.25, 0.3) is 0 Å². The number of hydrogen-bond donors (Lipinski definition) is 0. The van der Waals surface area contributed by atoms with Gasteiger partial charge in [0.05, 0.1) is 20.1 Å². The Morgan fingerprint density at radius 2 is 2.00 bits per heavy atom. The Balaban J connectivity index is 2.95. The van der Waals surface area contributed by atoms with E-state index >= 15 is 0 Å². The fourth-order valence-corrected chi connectivity index (χ4v) is 2.30. The molecular formula is C14H20O4. The average Bonchev–Trinajstić information content (AvgIpc) is 2.37. The monoisotopic (exact) mass is 252 g/mol. The number of ether oxygens (including phenoxy) is 2. The number of carbonyl (C=O) groups excluding carboxylic acids is 2. The number of rotatable bonds is 3. The Kier molecular flexibility index (Phi) is 5.13. The van der Waals surface area contributed by atoms with Crippen LogP contribution in [0, 0.1) is 11.8 Å². The lowest BCUT2D eigenvalue weighted by Gasteiger charge is -2.28. The molecule has 0 saturated heterocycles. The van der Waals surface area contributed by atoms with E-state index < -0.39 is 0 Å². The smallest absolute Gasteiger partial charge is 0.330 e. The zero-order chi connectivity index (χ0) is 13.7. The molecular weight excluding hydrogens is 232 g/mol. The molecule has 1 rings (SSSR count). The first-order valence-electron chi connectivity index (χ1n) is 6.00. The Morgan fingerprint density at radius 3 is 2.56 bits per heavy atom. The lowest BCUT2D eigenvalue weighted by Crippen LogP contribution is -2.27. The van der Waals surface area contributed by atoms with Crippen LogP contribution in [-0.2, 0) is 19.1 Å². The molecule has 2 unspecified atom stereocenters. The van der Waals surface area contributed by atoms with Gasteiger partial charge in [-0.15, -0.1) is 0 Å². The zero-order valence-corrected chi connectivity index (χ0v) is 11.4.